The molecule has 1 fully saturated rings. The van der Waals surface area contributed by atoms with Gasteiger partial charge in [-0.3, -0.25) is 4.79 Å². The number of piperidine rings is 1. The molecule has 2 atom stereocenters. The lowest BCUT2D eigenvalue weighted by Gasteiger charge is -2.38. The predicted octanol–water partition coefficient (Wildman–Crippen LogP) is 3.22. The second-order valence-electron chi connectivity index (χ2n) is 7.39. The van der Waals surface area contributed by atoms with Crippen molar-refractivity contribution in [3.05, 3.63) is 11.6 Å². The number of hydrogen-bond donors (Lipinski definition) is 0. The van der Waals surface area contributed by atoms with Gasteiger partial charge in [0.25, 0.3) is 0 Å². The SMILES string of the molecule is C/C=C(\C(=O)OC)C(C[C@@H]1CCCCN1C(=O)OC(C)(C)C)OC(C)=O. The maximum Gasteiger partial charge on any atom is 0.410 e. The summed E-state index contributed by atoms with van der Waals surface area (Å²) in [4.78, 5) is 37.8. The van der Waals surface area contributed by atoms with E-state index in [2.05, 4.69) is 0 Å². The largest absolute Gasteiger partial charge is 0.466 e. The van der Waals surface area contributed by atoms with E-state index in [-0.39, 0.29) is 17.7 Å². The molecule has 1 amide bonds. The summed E-state index contributed by atoms with van der Waals surface area (Å²) in [6, 6.07) is -0.178. The van der Waals surface area contributed by atoms with Crippen LogP contribution >= 0.6 is 0 Å². The molecular weight excluding hydrogens is 338 g/mol. The van der Waals surface area contributed by atoms with Crippen molar-refractivity contribution in [3.8, 4) is 0 Å². The van der Waals surface area contributed by atoms with Crippen LogP contribution in [0.5, 0.6) is 0 Å². The number of carbonyl (C=O) groups excluding carboxylic acids is 3. The molecule has 0 aliphatic carbocycles. The summed E-state index contributed by atoms with van der Waals surface area (Å²) in [5.74, 6) is -1.03. The van der Waals surface area contributed by atoms with Gasteiger partial charge < -0.3 is 19.1 Å². The topological polar surface area (TPSA) is 82.1 Å². The summed E-state index contributed by atoms with van der Waals surface area (Å²) in [7, 11) is 1.28. The van der Waals surface area contributed by atoms with Crippen molar-refractivity contribution in [2.24, 2.45) is 0 Å². The summed E-state index contributed by atoms with van der Waals surface area (Å²) < 4.78 is 15.7. The number of esters is 2. The molecule has 0 N–H and O–H groups in total. The van der Waals surface area contributed by atoms with Crippen LogP contribution < -0.4 is 0 Å². The number of ether oxygens (including phenoxy) is 3. The van der Waals surface area contributed by atoms with Crippen molar-refractivity contribution in [1.82, 2.24) is 4.90 Å². The highest BCUT2D eigenvalue weighted by atomic mass is 16.6. The normalized spacial score (nSPS) is 19.5. The van der Waals surface area contributed by atoms with Crippen molar-refractivity contribution in [3.63, 3.8) is 0 Å². The van der Waals surface area contributed by atoms with E-state index in [0.29, 0.717) is 13.0 Å². The molecule has 26 heavy (non-hydrogen) atoms. The average Bonchev–Trinajstić information content (AvgIpc) is 2.53. The van der Waals surface area contributed by atoms with E-state index >= 15 is 0 Å². The van der Waals surface area contributed by atoms with Crippen LogP contribution in [-0.2, 0) is 23.8 Å². The van der Waals surface area contributed by atoms with Crippen molar-refractivity contribution in [2.45, 2.75) is 78.0 Å². The minimum absolute atomic E-state index is 0.178. The van der Waals surface area contributed by atoms with Crippen LogP contribution in [0.25, 0.3) is 0 Å². The smallest absolute Gasteiger partial charge is 0.410 e. The number of amides is 1. The van der Waals surface area contributed by atoms with Gasteiger partial charge in [0.1, 0.15) is 11.7 Å². The van der Waals surface area contributed by atoms with Gasteiger partial charge in [0.2, 0.25) is 0 Å². The number of hydrogen-bond acceptors (Lipinski definition) is 6. The third kappa shape index (κ3) is 6.69. The fourth-order valence-corrected chi connectivity index (χ4v) is 3.05. The number of carbonyl (C=O) groups is 3. The maximum absolute atomic E-state index is 12.5. The zero-order chi connectivity index (χ0) is 19.9. The molecule has 0 aromatic carbocycles. The molecule has 1 heterocycles. The molecule has 0 aromatic heterocycles. The van der Waals surface area contributed by atoms with Gasteiger partial charge in [-0.05, 0) is 47.0 Å². The standard InChI is InChI=1S/C19H31NO6/c1-7-15(17(22)24-6)16(25-13(2)21)12-14-10-8-9-11-20(14)18(23)26-19(3,4)5/h7,14,16H,8-12H2,1-6H3/b15-7-/t14-,16?/m0/s1. The Kier molecular flexibility index (Phi) is 8.11. The van der Waals surface area contributed by atoms with Crippen molar-refractivity contribution >= 4 is 18.0 Å². The predicted molar refractivity (Wildman–Crippen MR) is 96.5 cm³/mol. The third-order valence-corrected chi connectivity index (χ3v) is 4.13. The zero-order valence-corrected chi connectivity index (χ0v) is 16.7. The van der Waals surface area contributed by atoms with E-state index in [1.165, 1.54) is 14.0 Å². The molecule has 0 bridgehead atoms. The molecule has 0 saturated carbocycles. The molecule has 7 heteroatoms. The van der Waals surface area contributed by atoms with E-state index in [1.807, 2.05) is 20.8 Å². The molecule has 1 aliphatic rings. The number of nitrogens with zero attached hydrogens (tertiary/aromatic N) is 1. The fourth-order valence-electron chi connectivity index (χ4n) is 3.05. The Balaban J connectivity index is 2.99. The second kappa shape index (κ2) is 9.59. The molecule has 0 radical (unpaired) electrons. The van der Waals surface area contributed by atoms with Crippen LogP contribution in [0.15, 0.2) is 11.6 Å². The van der Waals surface area contributed by atoms with Crippen LogP contribution in [0.4, 0.5) is 4.79 Å². The lowest BCUT2D eigenvalue weighted by atomic mass is 9.94. The van der Waals surface area contributed by atoms with Crippen LogP contribution in [0, 0.1) is 0 Å². The lowest BCUT2D eigenvalue weighted by molar-refractivity contribution is -0.147. The first-order valence-corrected chi connectivity index (χ1v) is 9.00. The summed E-state index contributed by atoms with van der Waals surface area (Å²) in [6.45, 7) is 9.02. The Morgan fingerprint density at radius 3 is 2.38 bits per heavy atom. The van der Waals surface area contributed by atoms with Gasteiger partial charge in [-0.1, -0.05) is 6.08 Å². The van der Waals surface area contributed by atoms with Crippen LogP contribution in [-0.4, -0.2) is 54.3 Å². The lowest BCUT2D eigenvalue weighted by Crippen LogP contribution is -2.48. The first kappa shape index (κ1) is 22.0. The van der Waals surface area contributed by atoms with E-state index in [4.69, 9.17) is 14.2 Å². The zero-order valence-electron chi connectivity index (χ0n) is 16.7. The van der Waals surface area contributed by atoms with Gasteiger partial charge in [-0.2, -0.15) is 0 Å². The molecule has 0 spiro atoms. The average molecular weight is 369 g/mol. The van der Waals surface area contributed by atoms with Gasteiger partial charge in [0.15, 0.2) is 0 Å². The Morgan fingerprint density at radius 2 is 1.88 bits per heavy atom. The Labute approximate surface area is 155 Å². The van der Waals surface area contributed by atoms with E-state index < -0.39 is 23.6 Å². The molecule has 7 nitrogen and oxygen atoms in total. The highest BCUT2D eigenvalue weighted by molar-refractivity contribution is 5.89. The number of allylic oxidation sites excluding steroid dienone is 1. The molecule has 1 saturated heterocycles. The summed E-state index contributed by atoms with van der Waals surface area (Å²) in [5.41, 5.74) is -0.313. The first-order valence-electron chi connectivity index (χ1n) is 9.00. The van der Waals surface area contributed by atoms with Crippen molar-refractivity contribution in [1.29, 1.82) is 0 Å². The van der Waals surface area contributed by atoms with Crippen molar-refractivity contribution < 1.29 is 28.6 Å². The summed E-state index contributed by atoms with van der Waals surface area (Å²) in [5, 5.41) is 0. The third-order valence-electron chi connectivity index (χ3n) is 4.13. The fraction of sp³-hybridized carbons (Fsp3) is 0.737. The molecule has 1 aliphatic heterocycles. The summed E-state index contributed by atoms with van der Waals surface area (Å²) >= 11 is 0. The summed E-state index contributed by atoms with van der Waals surface area (Å²) in [6.07, 6.45) is 3.37. The quantitative estimate of drug-likeness (QED) is 0.420. The van der Waals surface area contributed by atoms with Gasteiger partial charge in [0, 0.05) is 25.9 Å². The van der Waals surface area contributed by atoms with E-state index in [0.717, 1.165) is 19.3 Å². The van der Waals surface area contributed by atoms with E-state index in [1.54, 1.807) is 17.9 Å². The highest BCUT2D eigenvalue weighted by Gasteiger charge is 2.35. The first-order chi connectivity index (χ1) is 12.1. The van der Waals surface area contributed by atoms with Gasteiger partial charge in [-0.15, -0.1) is 0 Å². The van der Waals surface area contributed by atoms with Gasteiger partial charge >= 0.3 is 18.0 Å². The monoisotopic (exact) mass is 369 g/mol. The van der Waals surface area contributed by atoms with E-state index in [9.17, 15) is 14.4 Å². The number of methoxy groups -OCH3 is 1. The van der Waals surface area contributed by atoms with Gasteiger partial charge in [0.05, 0.1) is 12.7 Å². The molecule has 0 aromatic rings. The Bertz CT molecular complexity index is 549. The molecule has 1 unspecified atom stereocenters. The maximum atomic E-state index is 12.5. The van der Waals surface area contributed by atoms with Crippen LogP contribution in [0.1, 0.15) is 60.3 Å². The molecule has 148 valence electrons. The van der Waals surface area contributed by atoms with Crippen molar-refractivity contribution in [2.75, 3.05) is 13.7 Å². The van der Waals surface area contributed by atoms with Gasteiger partial charge in [-0.25, -0.2) is 9.59 Å². The minimum atomic E-state index is -0.766. The Hall–Kier alpha value is -2.05. The number of rotatable bonds is 5. The molecule has 1 rings (SSSR count). The molecular formula is C19H31NO6. The minimum Gasteiger partial charge on any atom is -0.466 e. The second-order valence-corrected chi connectivity index (χ2v) is 7.39. The number of likely N-dealkylation sites (tertiary alicyclic amines) is 1. The highest BCUT2D eigenvalue weighted by Crippen LogP contribution is 2.27. The van der Waals surface area contributed by atoms with Crippen LogP contribution in [0.3, 0.4) is 0 Å². The van der Waals surface area contributed by atoms with Crippen LogP contribution in [0.2, 0.25) is 0 Å². The Morgan fingerprint density at radius 1 is 1.23 bits per heavy atom.